The van der Waals surface area contributed by atoms with E-state index in [1.165, 1.54) is 4.52 Å². The molecule has 34 heavy (non-hydrogen) atoms. The van der Waals surface area contributed by atoms with Gasteiger partial charge in [0.25, 0.3) is 0 Å². The summed E-state index contributed by atoms with van der Waals surface area (Å²) >= 11 is 0. The molecule has 1 unspecified atom stereocenters. The third-order valence-corrected chi connectivity index (χ3v) is 5.80. The highest BCUT2D eigenvalue weighted by atomic mass is 19.1. The second-order valence-corrected chi connectivity index (χ2v) is 8.12. The van der Waals surface area contributed by atoms with Crippen molar-refractivity contribution < 1.29 is 23.0 Å². The predicted molar refractivity (Wildman–Crippen MR) is 121 cm³/mol. The van der Waals surface area contributed by atoms with Crippen molar-refractivity contribution in [2.24, 2.45) is 0 Å². The minimum atomic E-state index is -1.54. The summed E-state index contributed by atoms with van der Waals surface area (Å²) in [4.78, 5) is 3.52. The zero-order chi connectivity index (χ0) is 23.5. The largest absolute Gasteiger partial charge is 0.382 e. The zero-order valence-electron chi connectivity index (χ0n) is 18.3. The molecule has 2 aromatic carbocycles. The van der Waals surface area contributed by atoms with E-state index in [1.54, 1.807) is 12.1 Å². The summed E-state index contributed by atoms with van der Waals surface area (Å²) in [6.45, 7) is 0.701. The molecule has 2 N–H and O–H groups in total. The fraction of sp³-hybridized carbons (Fsp3) is 0.280. The molecule has 5 rings (SSSR count). The van der Waals surface area contributed by atoms with Crippen molar-refractivity contribution in [2.45, 2.75) is 37.7 Å². The third-order valence-electron chi connectivity index (χ3n) is 5.80. The van der Waals surface area contributed by atoms with E-state index >= 15 is 4.39 Å². The van der Waals surface area contributed by atoms with E-state index in [2.05, 4.69) is 10.1 Å². The standard InChI is InChI=1S/C25H24F2N4O3/c26-21-22(18-11-12-19-24(28)29-25(27)30-31(18)19)34-20(15-32-13-16-7-3-1-4-8-16)23(21)33-14-17-9-5-2-6-10-17/h1-12,20-23H,13-15H2,(H2,28,29,30)/t20-,21+,22?,23-/m1/s1. The first-order valence-corrected chi connectivity index (χ1v) is 11.0. The van der Waals surface area contributed by atoms with Crippen molar-refractivity contribution in [3.05, 3.63) is 95.7 Å². The Morgan fingerprint density at radius 1 is 0.941 bits per heavy atom. The topological polar surface area (TPSA) is 83.9 Å². The molecule has 1 saturated heterocycles. The van der Waals surface area contributed by atoms with Crippen LogP contribution in [0.5, 0.6) is 0 Å². The number of hydrogen-bond acceptors (Lipinski definition) is 6. The van der Waals surface area contributed by atoms with Gasteiger partial charge in [-0.05, 0) is 23.3 Å². The molecule has 2 aromatic heterocycles. The van der Waals surface area contributed by atoms with Crippen LogP contribution in [0.2, 0.25) is 0 Å². The fourth-order valence-corrected chi connectivity index (χ4v) is 4.15. The van der Waals surface area contributed by atoms with E-state index < -0.39 is 30.6 Å². The third kappa shape index (κ3) is 4.63. The highest BCUT2D eigenvalue weighted by Crippen LogP contribution is 2.38. The Balaban J connectivity index is 1.36. The second kappa shape index (κ2) is 9.84. The summed E-state index contributed by atoms with van der Waals surface area (Å²) in [5, 5.41) is 3.76. The fourth-order valence-electron chi connectivity index (χ4n) is 4.15. The number of rotatable bonds is 8. The molecule has 1 aliphatic heterocycles. The number of ether oxygens (including phenoxy) is 3. The Labute approximate surface area is 195 Å². The SMILES string of the molecule is Nc1nc(F)nn2c(C3O[C@H](COCc4ccccc4)[C@@H](OCc4ccccc4)[C@H]3F)ccc12. The molecule has 9 heteroatoms. The molecule has 1 fully saturated rings. The molecule has 0 radical (unpaired) electrons. The Hall–Kier alpha value is -3.40. The van der Waals surface area contributed by atoms with Gasteiger partial charge in [-0.3, -0.25) is 0 Å². The minimum Gasteiger partial charge on any atom is -0.382 e. The van der Waals surface area contributed by atoms with Gasteiger partial charge in [0.1, 0.15) is 23.8 Å². The van der Waals surface area contributed by atoms with Gasteiger partial charge < -0.3 is 19.9 Å². The Bertz CT molecular complexity index is 1240. The van der Waals surface area contributed by atoms with E-state index in [9.17, 15) is 4.39 Å². The molecule has 0 saturated carbocycles. The molecule has 176 valence electrons. The van der Waals surface area contributed by atoms with Gasteiger partial charge in [-0.15, -0.1) is 5.10 Å². The number of alkyl halides is 1. The van der Waals surface area contributed by atoms with E-state index in [0.717, 1.165) is 11.1 Å². The number of aromatic nitrogens is 3. The molecule has 4 atom stereocenters. The number of nitrogen functional groups attached to an aromatic ring is 1. The van der Waals surface area contributed by atoms with Crippen LogP contribution in [0.25, 0.3) is 5.52 Å². The first kappa shape index (κ1) is 22.4. The Kier molecular flexibility index (Phi) is 6.48. The lowest BCUT2D eigenvalue weighted by molar-refractivity contribution is -0.0742. The summed E-state index contributed by atoms with van der Waals surface area (Å²) in [6.07, 6.45) is -5.15. The molecule has 0 bridgehead atoms. The number of fused-ring (bicyclic) bond motifs is 1. The average molecular weight is 466 g/mol. The van der Waals surface area contributed by atoms with Crippen molar-refractivity contribution in [1.29, 1.82) is 0 Å². The van der Waals surface area contributed by atoms with Gasteiger partial charge in [0.15, 0.2) is 12.0 Å². The molecule has 0 spiro atoms. The maximum absolute atomic E-state index is 15.8. The number of benzene rings is 2. The van der Waals surface area contributed by atoms with E-state index in [1.807, 2.05) is 60.7 Å². The quantitative estimate of drug-likeness (QED) is 0.422. The van der Waals surface area contributed by atoms with E-state index in [4.69, 9.17) is 19.9 Å². The molecular formula is C25H24F2N4O3. The summed E-state index contributed by atoms with van der Waals surface area (Å²) in [7, 11) is 0. The summed E-state index contributed by atoms with van der Waals surface area (Å²) in [5.74, 6) is -0.0354. The van der Waals surface area contributed by atoms with Gasteiger partial charge in [-0.2, -0.15) is 9.37 Å². The highest BCUT2D eigenvalue weighted by Gasteiger charge is 2.48. The van der Waals surface area contributed by atoms with E-state index in [-0.39, 0.29) is 19.0 Å². The van der Waals surface area contributed by atoms with Gasteiger partial charge in [0, 0.05) is 0 Å². The molecule has 0 amide bonds. The van der Waals surface area contributed by atoms with Crippen LogP contribution in [0, 0.1) is 6.08 Å². The lowest BCUT2D eigenvalue weighted by Gasteiger charge is -2.20. The van der Waals surface area contributed by atoms with Crippen LogP contribution >= 0.6 is 0 Å². The maximum atomic E-state index is 15.8. The van der Waals surface area contributed by atoms with Crippen molar-refractivity contribution in [2.75, 3.05) is 12.3 Å². The molecule has 4 aromatic rings. The smallest absolute Gasteiger partial charge is 0.327 e. The first-order chi connectivity index (χ1) is 16.6. The van der Waals surface area contributed by atoms with Crippen LogP contribution in [0.4, 0.5) is 14.6 Å². The average Bonchev–Trinajstić information content (AvgIpc) is 3.40. The molecule has 1 aliphatic rings. The van der Waals surface area contributed by atoms with Crippen LogP contribution < -0.4 is 5.73 Å². The molecule has 3 heterocycles. The lowest BCUT2D eigenvalue weighted by Crippen LogP contribution is -2.34. The van der Waals surface area contributed by atoms with Crippen molar-refractivity contribution in [3.8, 4) is 0 Å². The van der Waals surface area contributed by atoms with Gasteiger partial charge in [-0.25, -0.2) is 8.91 Å². The van der Waals surface area contributed by atoms with Crippen LogP contribution in [-0.4, -0.2) is 39.6 Å². The number of nitrogens with zero attached hydrogens (tertiary/aromatic N) is 3. The number of nitrogens with two attached hydrogens (primary N) is 1. The number of anilines is 1. The van der Waals surface area contributed by atoms with Crippen molar-refractivity contribution in [3.63, 3.8) is 0 Å². The minimum absolute atomic E-state index is 0.0354. The van der Waals surface area contributed by atoms with Crippen molar-refractivity contribution >= 4 is 11.3 Å². The van der Waals surface area contributed by atoms with Crippen LogP contribution in [0.1, 0.15) is 22.9 Å². The van der Waals surface area contributed by atoms with Gasteiger partial charge in [0.05, 0.1) is 25.5 Å². The second-order valence-electron chi connectivity index (χ2n) is 8.12. The van der Waals surface area contributed by atoms with Gasteiger partial charge in [0.2, 0.25) is 0 Å². The van der Waals surface area contributed by atoms with E-state index in [0.29, 0.717) is 17.8 Å². The first-order valence-electron chi connectivity index (χ1n) is 11.0. The van der Waals surface area contributed by atoms with Gasteiger partial charge >= 0.3 is 6.08 Å². The lowest BCUT2D eigenvalue weighted by atomic mass is 10.1. The normalized spacial score (nSPS) is 22.4. The highest BCUT2D eigenvalue weighted by molar-refractivity contribution is 5.65. The summed E-state index contributed by atoms with van der Waals surface area (Å²) < 4.78 is 48.7. The number of halogens is 2. The summed E-state index contributed by atoms with van der Waals surface area (Å²) in [5.41, 5.74) is 8.41. The Morgan fingerprint density at radius 2 is 1.62 bits per heavy atom. The molecule has 7 nitrogen and oxygen atoms in total. The van der Waals surface area contributed by atoms with Crippen LogP contribution in [-0.2, 0) is 27.4 Å². The zero-order valence-corrected chi connectivity index (χ0v) is 18.3. The predicted octanol–water partition coefficient (Wildman–Crippen LogP) is 4.03. The Morgan fingerprint density at radius 3 is 2.32 bits per heavy atom. The molecular weight excluding hydrogens is 442 g/mol. The van der Waals surface area contributed by atoms with Crippen LogP contribution in [0.3, 0.4) is 0 Å². The summed E-state index contributed by atoms with van der Waals surface area (Å²) in [6, 6.07) is 22.4. The maximum Gasteiger partial charge on any atom is 0.327 e. The monoisotopic (exact) mass is 466 g/mol. The number of hydrogen-bond donors (Lipinski definition) is 1. The van der Waals surface area contributed by atoms with Crippen LogP contribution in [0.15, 0.2) is 72.8 Å². The van der Waals surface area contributed by atoms with Gasteiger partial charge in [-0.1, -0.05) is 60.7 Å². The molecule has 0 aliphatic carbocycles. The van der Waals surface area contributed by atoms with Crippen molar-refractivity contribution in [1.82, 2.24) is 14.6 Å².